The van der Waals surface area contributed by atoms with Crippen LogP contribution in [0.5, 0.6) is 5.88 Å². The summed E-state index contributed by atoms with van der Waals surface area (Å²) < 4.78 is 14.7. The van der Waals surface area contributed by atoms with Crippen molar-refractivity contribution in [2.45, 2.75) is 0 Å². The molecule has 0 bridgehead atoms. The van der Waals surface area contributed by atoms with Crippen molar-refractivity contribution >= 4 is 35.3 Å². The summed E-state index contributed by atoms with van der Waals surface area (Å²) in [6.45, 7) is 0. The van der Waals surface area contributed by atoms with Gasteiger partial charge < -0.3 is 5.11 Å². The monoisotopic (exact) mass is 441 g/mol. The molecule has 3 aromatic carbocycles. The van der Waals surface area contributed by atoms with Crippen LogP contribution < -0.4 is 5.56 Å². The molecule has 0 saturated carbocycles. The van der Waals surface area contributed by atoms with Gasteiger partial charge in [0.15, 0.2) is 4.77 Å². The van der Waals surface area contributed by atoms with Crippen LogP contribution in [0.1, 0.15) is 16.7 Å². The van der Waals surface area contributed by atoms with Gasteiger partial charge in [0.25, 0.3) is 5.56 Å². The lowest BCUT2D eigenvalue weighted by Crippen LogP contribution is -2.16. The van der Waals surface area contributed by atoms with Crippen molar-refractivity contribution in [3.05, 3.63) is 116 Å². The lowest BCUT2D eigenvalue weighted by atomic mass is 9.96. The number of aromatic amines is 1. The second-order valence-corrected chi connectivity index (χ2v) is 7.60. The molecule has 2 N–H and O–H groups in total. The van der Waals surface area contributed by atoms with E-state index in [9.17, 15) is 14.3 Å². The highest BCUT2D eigenvalue weighted by molar-refractivity contribution is 7.71. The fourth-order valence-electron chi connectivity index (χ4n) is 3.71. The molecule has 7 heteroatoms. The molecule has 2 heterocycles. The summed E-state index contributed by atoms with van der Waals surface area (Å²) >= 11 is 5.26. The van der Waals surface area contributed by atoms with Gasteiger partial charge in [0.05, 0.1) is 17.1 Å². The first-order valence-electron chi connectivity index (χ1n) is 9.83. The van der Waals surface area contributed by atoms with Gasteiger partial charge in [0.1, 0.15) is 11.4 Å². The predicted molar refractivity (Wildman–Crippen MR) is 126 cm³/mol. The van der Waals surface area contributed by atoms with E-state index >= 15 is 0 Å². The number of halogens is 1. The first-order chi connectivity index (χ1) is 15.5. The normalized spacial score (nSPS) is 13.8. The van der Waals surface area contributed by atoms with Gasteiger partial charge in [-0.05, 0) is 48.6 Å². The molecule has 5 nitrogen and oxygen atoms in total. The first-order valence-corrected chi connectivity index (χ1v) is 10.2. The van der Waals surface area contributed by atoms with Crippen LogP contribution in [0.4, 0.5) is 10.1 Å². The third-order valence-electron chi connectivity index (χ3n) is 5.22. The van der Waals surface area contributed by atoms with E-state index in [0.717, 1.165) is 16.8 Å². The number of aromatic hydroxyl groups is 1. The molecule has 0 aliphatic carbocycles. The summed E-state index contributed by atoms with van der Waals surface area (Å²) in [5.41, 5.74) is 3.83. The Kier molecular flexibility index (Phi) is 4.88. The summed E-state index contributed by atoms with van der Waals surface area (Å²) in [4.78, 5) is 20.2. The zero-order valence-corrected chi connectivity index (χ0v) is 17.4. The largest absolute Gasteiger partial charge is 0.494 e. The maximum atomic E-state index is 13.4. The molecule has 1 aromatic heterocycles. The number of nitrogens with one attached hydrogen (secondary N) is 1. The van der Waals surface area contributed by atoms with Crippen molar-refractivity contribution in [3.63, 3.8) is 0 Å². The topological polar surface area (TPSA) is 70.4 Å². The van der Waals surface area contributed by atoms with Gasteiger partial charge in [-0.15, -0.1) is 0 Å². The van der Waals surface area contributed by atoms with Crippen molar-refractivity contribution in [1.82, 2.24) is 9.55 Å². The van der Waals surface area contributed by atoms with Gasteiger partial charge in [0.2, 0.25) is 5.88 Å². The van der Waals surface area contributed by atoms with E-state index < -0.39 is 11.4 Å². The van der Waals surface area contributed by atoms with E-state index in [2.05, 4.69) is 4.98 Å². The molecule has 0 amide bonds. The maximum Gasteiger partial charge on any atom is 0.262 e. The van der Waals surface area contributed by atoms with Crippen LogP contribution in [-0.2, 0) is 0 Å². The third-order valence-corrected chi connectivity index (χ3v) is 5.51. The van der Waals surface area contributed by atoms with E-state index in [-0.39, 0.29) is 16.2 Å². The number of allylic oxidation sites excluding steroid dienone is 1. The van der Waals surface area contributed by atoms with Gasteiger partial charge in [-0.1, -0.05) is 48.5 Å². The Bertz CT molecular complexity index is 1520. The fraction of sp³-hybridized carbons (Fsp3) is 0. The van der Waals surface area contributed by atoms with Crippen molar-refractivity contribution in [2.75, 3.05) is 0 Å². The van der Waals surface area contributed by atoms with Gasteiger partial charge in [-0.2, -0.15) is 0 Å². The quantitative estimate of drug-likeness (QED) is 0.418. The fourth-order valence-corrected chi connectivity index (χ4v) is 4.00. The summed E-state index contributed by atoms with van der Waals surface area (Å²) in [7, 11) is 0. The van der Waals surface area contributed by atoms with Gasteiger partial charge >= 0.3 is 0 Å². The maximum absolute atomic E-state index is 13.4. The standard InChI is InChI=1S/C25H16FN3O2S/c26-16-10-12-17(13-11-16)29-24(31)20(23(30)28-25(29)32)14-19-18-8-4-5-9-21(18)27-22(19)15-6-2-1-3-7-15/h1-14,31H,(H,28,30,32). The Labute approximate surface area is 187 Å². The average Bonchev–Trinajstić information content (AvgIpc) is 3.17. The third kappa shape index (κ3) is 3.38. The molecule has 1 aliphatic rings. The zero-order chi connectivity index (χ0) is 22.2. The Hall–Kier alpha value is -4.10. The Balaban J connectivity index is 1.74. The number of aliphatic imine (C=N–C) groups is 1. The van der Waals surface area contributed by atoms with Gasteiger partial charge in [-0.25, -0.2) is 9.38 Å². The molecule has 0 fully saturated rings. The minimum atomic E-state index is -0.532. The summed E-state index contributed by atoms with van der Waals surface area (Å²) in [6, 6.07) is 22.7. The molecule has 0 atom stereocenters. The molecule has 32 heavy (non-hydrogen) atoms. The second-order valence-electron chi connectivity index (χ2n) is 7.21. The van der Waals surface area contributed by atoms with Gasteiger partial charge in [0, 0.05) is 16.7 Å². The van der Waals surface area contributed by atoms with Crippen LogP contribution in [0.15, 0.2) is 88.6 Å². The van der Waals surface area contributed by atoms with E-state index in [4.69, 9.17) is 17.2 Å². The van der Waals surface area contributed by atoms with Crippen LogP contribution in [-0.4, -0.2) is 20.4 Å². The summed E-state index contributed by atoms with van der Waals surface area (Å²) in [5.74, 6) is -0.757. The lowest BCUT2D eigenvalue weighted by Gasteiger charge is -2.12. The molecule has 0 saturated heterocycles. The van der Waals surface area contributed by atoms with Crippen molar-refractivity contribution in [2.24, 2.45) is 4.99 Å². The molecular formula is C25H16FN3O2S. The van der Waals surface area contributed by atoms with Crippen molar-refractivity contribution in [1.29, 1.82) is 0 Å². The molecule has 4 aromatic rings. The number of nitrogens with zero attached hydrogens (tertiary/aromatic N) is 2. The molecule has 0 radical (unpaired) electrons. The first kappa shape index (κ1) is 19.8. The average molecular weight is 441 g/mol. The highest BCUT2D eigenvalue weighted by atomic mass is 32.1. The number of rotatable bonds is 3. The Morgan fingerprint density at radius 2 is 1.66 bits per heavy atom. The Morgan fingerprint density at radius 3 is 2.41 bits per heavy atom. The molecule has 0 unspecified atom stereocenters. The van der Waals surface area contributed by atoms with Crippen LogP contribution in [0, 0.1) is 10.6 Å². The number of para-hydroxylation sites is 1. The molecule has 5 rings (SSSR count). The Morgan fingerprint density at radius 1 is 0.969 bits per heavy atom. The smallest absolute Gasteiger partial charge is 0.262 e. The van der Waals surface area contributed by atoms with Crippen LogP contribution in [0.25, 0.3) is 17.3 Å². The predicted octanol–water partition coefficient (Wildman–Crippen LogP) is 5.41. The second kappa shape index (κ2) is 7.86. The SMILES string of the molecule is O=c1[nH]c(=S)n(-c2ccc(F)cc2)c(O)c1C=C1C(c2ccccc2)=Nc2ccccc21. The number of benzene rings is 3. The zero-order valence-electron chi connectivity index (χ0n) is 16.6. The van der Waals surface area contributed by atoms with Crippen LogP contribution >= 0.6 is 12.2 Å². The van der Waals surface area contributed by atoms with E-state index in [0.29, 0.717) is 17.0 Å². The van der Waals surface area contributed by atoms with Crippen LogP contribution in [0.2, 0.25) is 0 Å². The highest BCUT2D eigenvalue weighted by Crippen LogP contribution is 2.38. The number of hydrogen-bond acceptors (Lipinski definition) is 4. The highest BCUT2D eigenvalue weighted by Gasteiger charge is 2.23. The van der Waals surface area contributed by atoms with E-state index in [1.165, 1.54) is 28.8 Å². The summed E-state index contributed by atoms with van der Waals surface area (Å²) in [5, 5.41) is 11.0. The molecular weight excluding hydrogens is 425 g/mol. The van der Waals surface area contributed by atoms with Crippen molar-refractivity contribution in [3.8, 4) is 11.6 Å². The lowest BCUT2D eigenvalue weighted by molar-refractivity contribution is 0.432. The number of fused-ring (bicyclic) bond motifs is 1. The summed E-state index contributed by atoms with van der Waals surface area (Å²) in [6.07, 6.45) is 1.61. The van der Waals surface area contributed by atoms with E-state index in [1.54, 1.807) is 6.08 Å². The number of aromatic nitrogens is 2. The molecule has 156 valence electrons. The number of hydrogen-bond donors (Lipinski definition) is 2. The minimum absolute atomic E-state index is 0.00466. The minimum Gasteiger partial charge on any atom is -0.494 e. The molecule has 1 aliphatic heterocycles. The van der Waals surface area contributed by atoms with Crippen LogP contribution in [0.3, 0.4) is 0 Å². The molecule has 0 spiro atoms. The number of H-pyrrole nitrogens is 1. The van der Waals surface area contributed by atoms with E-state index in [1.807, 2.05) is 54.6 Å². The van der Waals surface area contributed by atoms with Crippen molar-refractivity contribution < 1.29 is 9.50 Å². The van der Waals surface area contributed by atoms with Gasteiger partial charge in [-0.3, -0.25) is 14.3 Å².